The third kappa shape index (κ3) is 5.47. The number of hydrogen-bond donors (Lipinski definition) is 2. The number of amides is 1. The Bertz CT molecular complexity index is 490. The normalized spacial score (nSPS) is 13.2. The van der Waals surface area contributed by atoms with Gasteiger partial charge < -0.3 is 25.3 Å². The lowest BCUT2D eigenvalue weighted by molar-refractivity contribution is -0.122. The molecule has 6 nitrogen and oxygen atoms in total. The number of benzene rings is 1. The minimum Gasteiger partial charge on any atom is -0.492 e. The van der Waals surface area contributed by atoms with Crippen molar-refractivity contribution in [2.24, 2.45) is 5.73 Å². The fourth-order valence-corrected chi connectivity index (χ4v) is 2.31. The number of nitrogens with two attached hydrogens (primary N) is 1. The zero-order valence-electron chi connectivity index (χ0n) is 12.4. The number of carbonyl (C=O) groups is 1. The average molecular weight is 349 g/mol. The molecule has 1 aliphatic heterocycles. The lowest BCUT2D eigenvalue weighted by atomic mass is 10.2. The van der Waals surface area contributed by atoms with Gasteiger partial charge in [0.15, 0.2) is 11.5 Å². The van der Waals surface area contributed by atoms with E-state index in [9.17, 15) is 4.79 Å². The monoisotopic (exact) mass is 348 g/mol. The zero-order valence-corrected chi connectivity index (χ0v) is 14.0. The van der Waals surface area contributed by atoms with Crippen molar-refractivity contribution in [1.82, 2.24) is 5.32 Å². The molecule has 1 aliphatic rings. The predicted octanol–water partition coefficient (Wildman–Crippen LogP) is 1.41. The molecule has 22 heavy (non-hydrogen) atoms. The smallest absolute Gasteiger partial charge is 0.237 e. The van der Waals surface area contributed by atoms with Crippen LogP contribution >= 0.6 is 24.2 Å². The van der Waals surface area contributed by atoms with Crippen molar-refractivity contribution in [1.29, 1.82) is 0 Å². The Labute approximate surface area is 140 Å². The van der Waals surface area contributed by atoms with Gasteiger partial charge in [0, 0.05) is 6.07 Å². The van der Waals surface area contributed by atoms with Crippen molar-refractivity contribution in [3.8, 4) is 17.2 Å². The quantitative estimate of drug-likeness (QED) is 0.691. The highest BCUT2D eigenvalue weighted by atomic mass is 35.5. The third-order valence-electron chi connectivity index (χ3n) is 2.98. The van der Waals surface area contributed by atoms with Crippen LogP contribution in [0.1, 0.15) is 6.42 Å². The van der Waals surface area contributed by atoms with E-state index >= 15 is 0 Å². The third-order valence-corrected chi connectivity index (χ3v) is 3.63. The van der Waals surface area contributed by atoms with E-state index in [1.54, 1.807) is 30.0 Å². The topological polar surface area (TPSA) is 82.8 Å². The lowest BCUT2D eigenvalue weighted by Gasteiger charge is -2.12. The van der Waals surface area contributed by atoms with Gasteiger partial charge in [-0.3, -0.25) is 4.79 Å². The first-order valence-electron chi connectivity index (χ1n) is 6.75. The highest BCUT2D eigenvalue weighted by Gasteiger charge is 2.14. The molecule has 0 aliphatic carbocycles. The molecule has 0 saturated heterocycles. The fourth-order valence-electron chi connectivity index (χ4n) is 1.82. The highest BCUT2D eigenvalue weighted by molar-refractivity contribution is 7.98. The zero-order chi connectivity index (χ0) is 15.1. The molecule has 2 rings (SSSR count). The molecule has 0 spiro atoms. The molecule has 3 N–H and O–H groups in total. The number of nitrogens with one attached hydrogen (secondary N) is 1. The summed E-state index contributed by atoms with van der Waals surface area (Å²) in [7, 11) is 0. The van der Waals surface area contributed by atoms with Crippen LogP contribution in [0, 0.1) is 0 Å². The van der Waals surface area contributed by atoms with Gasteiger partial charge in [-0.25, -0.2) is 0 Å². The Kier molecular flexibility index (Phi) is 8.22. The van der Waals surface area contributed by atoms with E-state index in [1.807, 2.05) is 6.26 Å². The second-order valence-electron chi connectivity index (χ2n) is 4.54. The van der Waals surface area contributed by atoms with E-state index in [0.29, 0.717) is 31.1 Å². The molecule has 0 unspecified atom stereocenters. The maximum atomic E-state index is 11.7. The molecule has 0 fully saturated rings. The van der Waals surface area contributed by atoms with Crippen molar-refractivity contribution in [3.05, 3.63) is 18.2 Å². The molecule has 124 valence electrons. The molecule has 0 radical (unpaired) electrons. The van der Waals surface area contributed by atoms with Gasteiger partial charge in [-0.1, -0.05) is 0 Å². The fraction of sp³-hybridized carbons (Fsp3) is 0.500. The molecule has 0 bridgehead atoms. The summed E-state index contributed by atoms with van der Waals surface area (Å²) in [6.07, 6.45) is 2.67. The lowest BCUT2D eigenvalue weighted by Crippen LogP contribution is -2.42. The van der Waals surface area contributed by atoms with Crippen molar-refractivity contribution in [2.45, 2.75) is 12.5 Å². The molecule has 1 amide bonds. The summed E-state index contributed by atoms with van der Waals surface area (Å²) in [4.78, 5) is 11.7. The predicted molar refractivity (Wildman–Crippen MR) is 89.3 cm³/mol. The summed E-state index contributed by atoms with van der Waals surface area (Å²) in [5.74, 6) is 2.81. The maximum Gasteiger partial charge on any atom is 0.237 e. The summed E-state index contributed by atoms with van der Waals surface area (Å²) in [5, 5.41) is 2.76. The first-order chi connectivity index (χ1) is 10.2. The molecule has 1 heterocycles. The minimum absolute atomic E-state index is 0. The van der Waals surface area contributed by atoms with Crippen molar-refractivity contribution in [3.63, 3.8) is 0 Å². The molecule has 1 atom stereocenters. The highest BCUT2D eigenvalue weighted by Crippen LogP contribution is 2.34. The van der Waals surface area contributed by atoms with Crippen molar-refractivity contribution in [2.75, 3.05) is 32.0 Å². The summed E-state index contributed by atoms with van der Waals surface area (Å²) in [5.41, 5.74) is 5.76. The van der Waals surface area contributed by atoms with Gasteiger partial charge in [0.2, 0.25) is 12.7 Å². The molecule has 0 aromatic heterocycles. The standard InChI is InChI=1S/C14H20N2O4S.ClH/c1-21-7-4-11(15)14(17)16-5-6-18-10-2-3-12-13(8-10)20-9-19-12;/h2-3,8,11H,4-7,9,15H2,1H3,(H,16,17);1H/t11-;/m0./s1. The van der Waals surface area contributed by atoms with Crippen LogP contribution in [-0.4, -0.2) is 43.9 Å². The second-order valence-corrected chi connectivity index (χ2v) is 5.53. The van der Waals surface area contributed by atoms with Crippen LogP contribution in [0.25, 0.3) is 0 Å². The van der Waals surface area contributed by atoms with Gasteiger partial charge >= 0.3 is 0 Å². The number of rotatable bonds is 8. The first kappa shape index (κ1) is 18.7. The van der Waals surface area contributed by atoms with E-state index in [-0.39, 0.29) is 25.1 Å². The van der Waals surface area contributed by atoms with Crippen LogP contribution < -0.4 is 25.3 Å². The van der Waals surface area contributed by atoms with Crippen LogP contribution in [0.4, 0.5) is 0 Å². The van der Waals surface area contributed by atoms with Gasteiger partial charge in [0.1, 0.15) is 12.4 Å². The van der Waals surface area contributed by atoms with E-state index in [0.717, 1.165) is 11.5 Å². The molecular formula is C14H21ClN2O4S. The van der Waals surface area contributed by atoms with Gasteiger partial charge in [0.25, 0.3) is 0 Å². The molecular weight excluding hydrogens is 328 g/mol. The van der Waals surface area contributed by atoms with Gasteiger partial charge in [-0.15, -0.1) is 12.4 Å². The van der Waals surface area contributed by atoms with Crippen LogP contribution in [0.3, 0.4) is 0 Å². The van der Waals surface area contributed by atoms with Crippen LogP contribution in [0.2, 0.25) is 0 Å². The Morgan fingerprint density at radius 1 is 1.45 bits per heavy atom. The molecule has 1 aromatic rings. The molecule has 1 aromatic carbocycles. The number of hydrogen-bond acceptors (Lipinski definition) is 6. The van der Waals surface area contributed by atoms with E-state index in [1.165, 1.54) is 0 Å². The largest absolute Gasteiger partial charge is 0.492 e. The van der Waals surface area contributed by atoms with Gasteiger partial charge in [-0.05, 0) is 30.6 Å². The number of ether oxygens (including phenoxy) is 3. The number of carbonyl (C=O) groups excluding carboxylic acids is 1. The summed E-state index contributed by atoms with van der Waals surface area (Å²) in [6, 6.07) is 4.92. The number of halogens is 1. The van der Waals surface area contributed by atoms with Crippen LogP contribution in [0.5, 0.6) is 17.2 Å². The van der Waals surface area contributed by atoms with Crippen LogP contribution in [0.15, 0.2) is 18.2 Å². The summed E-state index contributed by atoms with van der Waals surface area (Å²) in [6.45, 7) is 1.03. The maximum absolute atomic E-state index is 11.7. The van der Waals surface area contributed by atoms with E-state index in [4.69, 9.17) is 19.9 Å². The summed E-state index contributed by atoms with van der Waals surface area (Å²) < 4.78 is 16.0. The van der Waals surface area contributed by atoms with Crippen molar-refractivity contribution >= 4 is 30.1 Å². The summed E-state index contributed by atoms with van der Waals surface area (Å²) >= 11 is 1.68. The van der Waals surface area contributed by atoms with Gasteiger partial charge in [-0.2, -0.15) is 11.8 Å². The Morgan fingerprint density at radius 2 is 2.23 bits per heavy atom. The number of thioether (sulfide) groups is 1. The van der Waals surface area contributed by atoms with Gasteiger partial charge in [0.05, 0.1) is 12.6 Å². The molecule has 0 saturated carbocycles. The Hall–Kier alpha value is -1.31. The SMILES string of the molecule is CSCC[C@H](N)C(=O)NCCOc1ccc2c(c1)OCO2.Cl. The second kappa shape index (κ2) is 9.66. The number of fused-ring (bicyclic) bond motifs is 1. The molecule has 8 heteroatoms. The average Bonchev–Trinajstić information content (AvgIpc) is 2.96. The minimum atomic E-state index is -0.456. The Balaban J connectivity index is 0.00000242. The van der Waals surface area contributed by atoms with E-state index < -0.39 is 6.04 Å². The van der Waals surface area contributed by atoms with Crippen LogP contribution in [-0.2, 0) is 4.79 Å². The first-order valence-corrected chi connectivity index (χ1v) is 8.15. The van der Waals surface area contributed by atoms with E-state index in [2.05, 4.69) is 5.32 Å². The van der Waals surface area contributed by atoms with Crippen molar-refractivity contribution < 1.29 is 19.0 Å². The Morgan fingerprint density at radius 3 is 3.00 bits per heavy atom.